The third kappa shape index (κ3) is 4.05. The molecule has 0 bridgehead atoms. The molecule has 1 aliphatic heterocycles. The molecule has 4 heteroatoms. The summed E-state index contributed by atoms with van der Waals surface area (Å²) in [6, 6.07) is 8.04. The molecule has 1 aromatic rings. The molecule has 0 aliphatic carbocycles. The molecule has 19 heavy (non-hydrogen) atoms. The largest absolute Gasteiger partial charge is 0.368 e. The molecule has 2 rings (SSSR count). The highest BCUT2D eigenvalue weighted by molar-refractivity contribution is 9.09. The first-order valence-electron chi connectivity index (χ1n) is 6.78. The lowest BCUT2D eigenvalue weighted by Gasteiger charge is -2.15. The van der Waals surface area contributed by atoms with Crippen molar-refractivity contribution < 1.29 is 9.53 Å². The second-order valence-electron chi connectivity index (χ2n) is 5.04. The van der Waals surface area contributed by atoms with Crippen LogP contribution in [0.2, 0.25) is 0 Å². The summed E-state index contributed by atoms with van der Waals surface area (Å²) in [6.45, 7) is 2.74. The normalized spacial score (nSPS) is 22.4. The SMILES string of the molecule is CC1CCOC1C(=O)Nc1cccc(CCCBr)c1. The Labute approximate surface area is 122 Å². The van der Waals surface area contributed by atoms with Gasteiger partial charge in [0.15, 0.2) is 0 Å². The van der Waals surface area contributed by atoms with Gasteiger partial charge in [-0.25, -0.2) is 0 Å². The lowest BCUT2D eigenvalue weighted by atomic mass is 10.0. The van der Waals surface area contributed by atoms with Crippen LogP contribution in [0.15, 0.2) is 24.3 Å². The summed E-state index contributed by atoms with van der Waals surface area (Å²) >= 11 is 3.43. The minimum absolute atomic E-state index is 0.0253. The fourth-order valence-electron chi connectivity index (χ4n) is 2.32. The number of aryl methyl sites for hydroxylation is 1. The number of carbonyl (C=O) groups excluding carboxylic acids is 1. The first-order valence-corrected chi connectivity index (χ1v) is 7.90. The molecular formula is C15H20BrNO2. The van der Waals surface area contributed by atoms with Crippen LogP contribution in [0.4, 0.5) is 5.69 Å². The van der Waals surface area contributed by atoms with E-state index in [1.807, 2.05) is 18.2 Å². The lowest BCUT2D eigenvalue weighted by molar-refractivity contribution is -0.126. The Balaban J connectivity index is 1.96. The van der Waals surface area contributed by atoms with Crippen LogP contribution >= 0.6 is 15.9 Å². The predicted octanol–water partition coefficient (Wildman–Crippen LogP) is 3.38. The fraction of sp³-hybridized carbons (Fsp3) is 0.533. The van der Waals surface area contributed by atoms with E-state index in [9.17, 15) is 4.79 Å². The molecular weight excluding hydrogens is 306 g/mol. The Bertz CT molecular complexity index is 436. The van der Waals surface area contributed by atoms with Crippen LogP contribution in [0, 0.1) is 5.92 Å². The smallest absolute Gasteiger partial charge is 0.253 e. The van der Waals surface area contributed by atoms with Crippen molar-refractivity contribution in [3.05, 3.63) is 29.8 Å². The molecule has 2 atom stereocenters. The average molecular weight is 326 g/mol. The number of amides is 1. The zero-order valence-corrected chi connectivity index (χ0v) is 12.8. The van der Waals surface area contributed by atoms with Gasteiger partial charge < -0.3 is 10.1 Å². The van der Waals surface area contributed by atoms with Crippen LogP contribution in [0.25, 0.3) is 0 Å². The van der Waals surface area contributed by atoms with E-state index in [2.05, 4.69) is 34.2 Å². The summed E-state index contributed by atoms with van der Waals surface area (Å²) in [5.41, 5.74) is 2.11. The van der Waals surface area contributed by atoms with Gasteiger partial charge in [-0.15, -0.1) is 0 Å². The molecule has 1 N–H and O–H groups in total. The molecule has 1 aromatic carbocycles. The monoisotopic (exact) mass is 325 g/mol. The van der Waals surface area contributed by atoms with E-state index < -0.39 is 0 Å². The minimum atomic E-state index is -0.300. The Hall–Kier alpha value is -0.870. The summed E-state index contributed by atoms with van der Waals surface area (Å²) < 4.78 is 5.48. The van der Waals surface area contributed by atoms with E-state index in [1.54, 1.807) is 0 Å². The van der Waals surface area contributed by atoms with Crippen LogP contribution < -0.4 is 5.32 Å². The highest BCUT2D eigenvalue weighted by atomic mass is 79.9. The van der Waals surface area contributed by atoms with Crippen LogP contribution in [-0.2, 0) is 16.0 Å². The van der Waals surface area contributed by atoms with Crippen molar-refractivity contribution in [1.82, 2.24) is 0 Å². The number of alkyl halides is 1. The number of benzene rings is 1. The maximum absolute atomic E-state index is 12.1. The number of halogens is 1. The third-order valence-corrected chi connectivity index (χ3v) is 4.00. The number of carbonyl (C=O) groups is 1. The molecule has 1 aliphatic rings. The average Bonchev–Trinajstić information content (AvgIpc) is 2.83. The van der Waals surface area contributed by atoms with Crippen molar-refractivity contribution >= 4 is 27.5 Å². The molecule has 104 valence electrons. The van der Waals surface area contributed by atoms with Gasteiger partial charge in [-0.1, -0.05) is 35.0 Å². The van der Waals surface area contributed by atoms with Gasteiger partial charge in [0, 0.05) is 17.6 Å². The van der Waals surface area contributed by atoms with Crippen molar-refractivity contribution in [2.45, 2.75) is 32.3 Å². The second kappa shape index (κ2) is 7.06. The van der Waals surface area contributed by atoms with Crippen molar-refractivity contribution in [3.8, 4) is 0 Å². The van der Waals surface area contributed by atoms with Crippen molar-refractivity contribution in [2.24, 2.45) is 5.92 Å². The summed E-state index contributed by atoms with van der Waals surface area (Å²) in [7, 11) is 0. The van der Waals surface area contributed by atoms with E-state index in [-0.39, 0.29) is 12.0 Å². The minimum Gasteiger partial charge on any atom is -0.368 e. The third-order valence-electron chi connectivity index (χ3n) is 3.44. The number of rotatable bonds is 5. The maximum atomic E-state index is 12.1. The molecule has 0 aromatic heterocycles. The summed E-state index contributed by atoms with van der Waals surface area (Å²) in [5.74, 6) is 0.277. The molecule has 2 unspecified atom stereocenters. The van der Waals surface area contributed by atoms with Gasteiger partial charge in [0.2, 0.25) is 0 Å². The molecule has 3 nitrogen and oxygen atoms in total. The lowest BCUT2D eigenvalue weighted by Crippen LogP contribution is -2.31. The molecule has 1 fully saturated rings. The molecule has 1 saturated heterocycles. The number of nitrogens with one attached hydrogen (secondary N) is 1. The Morgan fingerprint density at radius 3 is 3.05 bits per heavy atom. The standard InChI is InChI=1S/C15H20BrNO2/c1-11-7-9-19-14(11)15(18)17-13-6-2-4-12(10-13)5-3-8-16/h2,4,6,10-11,14H,3,5,7-9H2,1H3,(H,17,18). The van der Waals surface area contributed by atoms with E-state index in [0.717, 1.165) is 30.3 Å². The molecule has 1 amide bonds. The van der Waals surface area contributed by atoms with E-state index >= 15 is 0 Å². The van der Waals surface area contributed by atoms with Crippen LogP contribution in [0.1, 0.15) is 25.3 Å². The second-order valence-corrected chi connectivity index (χ2v) is 5.83. The van der Waals surface area contributed by atoms with Crippen LogP contribution in [0.5, 0.6) is 0 Å². The Morgan fingerprint density at radius 2 is 2.37 bits per heavy atom. The number of anilines is 1. The molecule has 0 radical (unpaired) electrons. The number of hydrogen-bond acceptors (Lipinski definition) is 2. The van der Waals surface area contributed by atoms with Gasteiger partial charge in [0.25, 0.3) is 5.91 Å². The van der Waals surface area contributed by atoms with Gasteiger partial charge in [-0.3, -0.25) is 4.79 Å². The molecule has 0 spiro atoms. The van der Waals surface area contributed by atoms with E-state index in [4.69, 9.17) is 4.74 Å². The first-order chi connectivity index (χ1) is 9.20. The topological polar surface area (TPSA) is 38.3 Å². The van der Waals surface area contributed by atoms with Gasteiger partial charge in [-0.2, -0.15) is 0 Å². The molecule has 1 heterocycles. The highest BCUT2D eigenvalue weighted by Gasteiger charge is 2.30. The fourth-order valence-corrected chi connectivity index (χ4v) is 2.60. The highest BCUT2D eigenvalue weighted by Crippen LogP contribution is 2.22. The first kappa shape index (κ1) is 14.5. The number of hydrogen-bond donors (Lipinski definition) is 1. The summed E-state index contributed by atoms with van der Waals surface area (Å²) in [4.78, 5) is 12.1. The van der Waals surface area contributed by atoms with Crippen molar-refractivity contribution in [1.29, 1.82) is 0 Å². The van der Waals surface area contributed by atoms with Gasteiger partial charge in [0.05, 0.1) is 0 Å². The zero-order chi connectivity index (χ0) is 13.7. The van der Waals surface area contributed by atoms with Gasteiger partial charge in [0.1, 0.15) is 6.10 Å². The molecule has 0 saturated carbocycles. The van der Waals surface area contributed by atoms with Crippen molar-refractivity contribution in [3.63, 3.8) is 0 Å². The number of ether oxygens (including phenoxy) is 1. The summed E-state index contributed by atoms with van der Waals surface area (Å²) in [6.07, 6.45) is 2.78. The van der Waals surface area contributed by atoms with Crippen LogP contribution in [-0.4, -0.2) is 23.9 Å². The maximum Gasteiger partial charge on any atom is 0.253 e. The van der Waals surface area contributed by atoms with Crippen molar-refractivity contribution in [2.75, 3.05) is 17.3 Å². The van der Waals surface area contributed by atoms with Gasteiger partial charge in [-0.05, 0) is 42.9 Å². The quantitative estimate of drug-likeness (QED) is 0.843. The predicted molar refractivity (Wildman–Crippen MR) is 80.7 cm³/mol. The van der Waals surface area contributed by atoms with E-state index in [1.165, 1.54) is 5.56 Å². The van der Waals surface area contributed by atoms with Gasteiger partial charge >= 0.3 is 0 Å². The van der Waals surface area contributed by atoms with Crippen LogP contribution in [0.3, 0.4) is 0 Å². The Morgan fingerprint density at radius 1 is 1.53 bits per heavy atom. The zero-order valence-electron chi connectivity index (χ0n) is 11.2. The van der Waals surface area contributed by atoms with E-state index in [0.29, 0.717) is 12.5 Å². The Kier molecular flexibility index (Phi) is 5.40. The summed E-state index contributed by atoms with van der Waals surface area (Å²) in [5, 5.41) is 3.95.